The van der Waals surface area contributed by atoms with E-state index in [-0.39, 0.29) is 23.8 Å². The zero-order valence-corrected chi connectivity index (χ0v) is 13.2. The molecule has 120 valence electrons. The number of nitrogens with zero attached hydrogens (tertiary/aromatic N) is 1. The third kappa shape index (κ3) is 4.31. The number of rotatable bonds is 5. The number of ether oxygens (including phenoxy) is 1. The third-order valence-corrected chi connectivity index (χ3v) is 3.90. The van der Waals surface area contributed by atoms with Crippen molar-refractivity contribution in [3.63, 3.8) is 0 Å². The zero-order chi connectivity index (χ0) is 16.1. The summed E-state index contributed by atoms with van der Waals surface area (Å²) in [6.45, 7) is 5.62. The van der Waals surface area contributed by atoms with E-state index in [1.807, 2.05) is 38.1 Å². The van der Waals surface area contributed by atoms with E-state index in [0.717, 1.165) is 18.4 Å². The molecule has 1 aliphatic rings. The number of carbonyl (C=O) groups is 2. The molecule has 1 aliphatic heterocycles. The summed E-state index contributed by atoms with van der Waals surface area (Å²) in [4.78, 5) is 25.5. The van der Waals surface area contributed by atoms with Crippen LogP contribution in [0.3, 0.4) is 0 Å². The van der Waals surface area contributed by atoms with Crippen LogP contribution in [0.2, 0.25) is 0 Å². The molecule has 1 fully saturated rings. The fourth-order valence-electron chi connectivity index (χ4n) is 2.58. The van der Waals surface area contributed by atoms with E-state index in [4.69, 9.17) is 10.5 Å². The van der Waals surface area contributed by atoms with Crippen LogP contribution in [0.25, 0.3) is 0 Å². The van der Waals surface area contributed by atoms with Crippen LogP contribution in [0.1, 0.15) is 42.6 Å². The van der Waals surface area contributed by atoms with Crippen molar-refractivity contribution in [3.8, 4) is 0 Å². The van der Waals surface area contributed by atoms with E-state index in [2.05, 4.69) is 0 Å². The van der Waals surface area contributed by atoms with Crippen LogP contribution in [-0.4, -0.2) is 35.9 Å². The maximum Gasteiger partial charge on any atom is 0.253 e. The molecule has 2 amide bonds. The van der Waals surface area contributed by atoms with Gasteiger partial charge in [-0.3, -0.25) is 9.59 Å². The topological polar surface area (TPSA) is 72.6 Å². The molecule has 2 N–H and O–H groups in total. The first-order valence-corrected chi connectivity index (χ1v) is 7.76. The van der Waals surface area contributed by atoms with Crippen LogP contribution < -0.4 is 5.73 Å². The van der Waals surface area contributed by atoms with E-state index in [1.165, 1.54) is 0 Å². The van der Waals surface area contributed by atoms with Gasteiger partial charge in [0.2, 0.25) is 5.91 Å². The minimum Gasteiger partial charge on any atom is -0.374 e. The normalized spacial score (nSPS) is 18.5. The number of hydrogen-bond acceptors (Lipinski definition) is 3. The predicted molar refractivity (Wildman–Crippen MR) is 84.2 cm³/mol. The molecule has 1 saturated heterocycles. The maximum absolute atomic E-state index is 12.5. The van der Waals surface area contributed by atoms with Crippen molar-refractivity contribution in [3.05, 3.63) is 35.4 Å². The van der Waals surface area contributed by atoms with E-state index in [1.54, 1.807) is 4.90 Å². The third-order valence-electron chi connectivity index (χ3n) is 3.90. The number of primary amides is 1. The van der Waals surface area contributed by atoms with Crippen LogP contribution in [0.15, 0.2) is 24.3 Å². The number of carbonyl (C=O) groups excluding carboxylic acids is 2. The Labute approximate surface area is 131 Å². The Morgan fingerprint density at radius 3 is 2.59 bits per heavy atom. The largest absolute Gasteiger partial charge is 0.374 e. The summed E-state index contributed by atoms with van der Waals surface area (Å²) in [5.41, 5.74) is 7.03. The first-order chi connectivity index (χ1) is 10.5. The Balaban J connectivity index is 1.98. The second kappa shape index (κ2) is 7.40. The fourth-order valence-corrected chi connectivity index (χ4v) is 2.58. The van der Waals surface area contributed by atoms with Crippen LogP contribution in [0, 0.1) is 5.92 Å². The van der Waals surface area contributed by atoms with Crippen LogP contribution in [-0.2, 0) is 16.1 Å². The molecule has 2 rings (SSSR count). The highest BCUT2D eigenvalue weighted by Gasteiger charge is 2.27. The predicted octanol–water partition coefficient (Wildman–Crippen LogP) is 1.95. The minimum absolute atomic E-state index is 0.0396. The Morgan fingerprint density at radius 1 is 1.32 bits per heavy atom. The van der Waals surface area contributed by atoms with E-state index in [0.29, 0.717) is 25.3 Å². The summed E-state index contributed by atoms with van der Waals surface area (Å²) in [5.74, 6) is -0.586. The minimum atomic E-state index is -0.321. The molecule has 0 aliphatic carbocycles. The van der Waals surface area contributed by atoms with Gasteiger partial charge < -0.3 is 15.4 Å². The highest BCUT2D eigenvalue weighted by molar-refractivity contribution is 5.94. The van der Waals surface area contributed by atoms with E-state index in [9.17, 15) is 9.59 Å². The molecule has 1 aromatic carbocycles. The Hall–Kier alpha value is -1.88. The average Bonchev–Trinajstić information content (AvgIpc) is 2.53. The Morgan fingerprint density at radius 2 is 2.00 bits per heavy atom. The lowest BCUT2D eigenvalue weighted by atomic mass is 9.97. The van der Waals surface area contributed by atoms with Crippen molar-refractivity contribution >= 4 is 11.8 Å². The highest BCUT2D eigenvalue weighted by atomic mass is 16.5. The molecule has 5 heteroatoms. The van der Waals surface area contributed by atoms with Crippen molar-refractivity contribution in [2.24, 2.45) is 11.7 Å². The monoisotopic (exact) mass is 304 g/mol. The molecule has 0 radical (unpaired) electrons. The Bertz CT molecular complexity index is 525. The smallest absolute Gasteiger partial charge is 0.253 e. The SMILES string of the molecule is CC(C)OCc1ccc(C(=O)N2CCC[C@@H](C(N)=O)C2)cc1. The van der Waals surface area contributed by atoms with Crippen molar-refractivity contribution < 1.29 is 14.3 Å². The van der Waals surface area contributed by atoms with Crippen LogP contribution in [0.4, 0.5) is 0 Å². The number of benzene rings is 1. The van der Waals surface area contributed by atoms with E-state index < -0.39 is 0 Å². The van der Waals surface area contributed by atoms with Crippen molar-refractivity contribution in [2.75, 3.05) is 13.1 Å². The first kappa shape index (κ1) is 16.5. The molecule has 5 nitrogen and oxygen atoms in total. The summed E-state index contributed by atoms with van der Waals surface area (Å²) in [5, 5.41) is 0. The number of likely N-dealkylation sites (tertiary alicyclic amines) is 1. The number of piperidine rings is 1. The van der Waals surface area contributed by atoms with E-state index >= 15 is 0 Å². The van der Waals surface area contributed by atoms with Gasteiger partial charge in [0.05, 0.1) is 18.6 Å². The van der Waals surface area contributed by atoms with Crippen molar-refractivity contribution in [1.82, 2.24) is 4.90 Å². The molecule has 22 heavy (non-hydrogen) atoms. The number of amides is 2. The molecule has 1 atom stereocenters. The molecule has 0 bridgehead atoms. The van der Waals surface area contributed by atoms with Gasteiger partial charge in [-0.25, -0.2) is 0 Å². The summed E-state index contributed by atoms with van der Waals surface area (Å²) < 4.78 is 5.54. The molecule has 0 aromatic heterocycles. The van der Waals surface area contributed by atoms with Crippen LogP contribution in [0.5, 0.6) is 0 Å². The van der Waals surface area contributed by atoms with Crippen molar-refractivity contribution in [2.45, 2.75) is 39.4 Å². The van der Waals surface area contributed by atoms with Gasteiger partial charge in [-0.1, -0.05) is 12.1 Å². The highest BCUT2D eigenvalue weighted by Crippen LogP contribution is 2.18. The second-order valence-corrected chi connectivity index (χ2v) is 6.05. The maximum atomic E-state index is 12.5. The lowest BCUT2D eigenvalue weighted by molar-refractivity contribution is -0.123. The molecule has 0 unspecified atom stereocenters. The molecule has 0 spiro atoms. The molecule has 0 saturated carbocycles. The second-order valence-electron chi connectivity index (χ2n) is 6.05. The summed E-state index contributed by atoms with van der Waals surface area (Å²) in [6, 6.07) is 7.45. The Kier molecular flexibility index (Phi) is 5.55. The number of nitrogens with two attached hydrogens (primary N) is 1. The van der Waals surface area contributed by atoms with Crippen LogP contribution >= 0.6 is 0 Å². The molecule has 1 aromatic rings. The fraction of sp³-hybridized carbons (Fsp3) is 0.529. The summed E-state index contributed by atoms with van der Waals surface area (Å²) in [6.07, 6.45) is 1.77. The van der Waals surface area contributed by atoms with Crippen molar-refractivity contribution in [1.29, 1.82) is 0 Å². The summed E-state index contributed by atoms with van der Waals surface area (Å²) >= 11 is 0. The van der Waals surface area contributed by atoms with Gasteiger partial charge in [0, 0.05) is 18.7 Å². The average molecular weight is 304 g/mol. The molecular formula is C17H24N2O3. The van der Waals surface area contributed by atoms with Gasteiger partial charge >= 0.3 is 0 Å². The van der Waals surface area contributed by atoms with Gasteiger partial charge in [-0.05, 0) is 44.4 Å². The molecule has 1 heterocycles. The van der Waals surface area contributed by atoms with Gasteiger partial charge in [-0.15, -0.1) is 0 Å². The standard InChI is InChI=1S/C17H24N2O3/c1-12(2)22-11-13-5-7-14(8-6-13)17(21)19-9-3-4-15(10-19)16(18)20/h5-8,12,15H,3-4,9-11H2,1-2H3,(H2,18,20)/t15-/m1/s1. The van der Waals surface area contributed by atoms with Gasteiger partial charge in [0.1, 0.15) is 0 Å². The number of hydrogen-bond donors (Lipinski definition) is 1. The zero-order valence-electron chi connectivity index (χ0n) is 13.2. The van der Waals surface area contributed by atoms with Gasteiger partial charge in [0.15, 0.2) is 0 Å². The van der Waals surface area contributed by atoms with Gasteiger partial charge in [0.25, 0.3) is 5.91 Å². The lowest BCUT2D eigenvalue weighted by Crippen LogP contribution is -2.44. The lowest BCUT2D eigenvalue weighted by Gasteiger charge is -2.31. The summed E-state index contributed by atoms with van der Waals surface area (Å²) in [7, 11) is 0. The van der Waals surface area contributed by atoms with Gasteiger partial charge in [-0.2, -0.15) is 0 Å². The molecular weight excluding hydrogens is 280 g/mol. The quantitative estimate of drug-likeness (QED) is 0.903. The first-order valence-electron chi connectivity index (χ1n) is 7.76.